The zero-order chi connectivity index (χ0) is 20.9. The molecule has 1 fully saturated rings. The van der Waals surface area contributed by atoms with Crippen LogP contribution in [-0.2, 0) is 0 Å². The van der Waals surface area contributed by atoms with Crippen LogP contribution in [-0.4, -0.2) is 59.4 Å². The summed E-state index contributed by atoms with van der Waals surface area (Å²) in [7, 11) is 2.12. The van der Waals surface area contributed by atoms with Crippen LogP contribution in [0.5, 0.6) is 5.75 Å². The van der Waals surface area contributed by atoms with Crippen LogP contribution in [0.2, 0.25) is 0 Å². The standard InChI is InChI=1S/C24H22FN5O/c1-29-8-9-30-16-5-2-4-15(10-16)24-18-11-20(26-12-21(18)27-28-24)23-19(25)6-3-7-22(23)31-14-17(30)13-29/h2-7,10-12,17H,8-9,13-14H2,1H3,(H,27,28). The van der Waals surface area contributed by atoms with E-state index in [0.29, 0.717) is 23.6 Å². The lowest BCUT2D eigenvalue weighted by molar-refractivity contribution is 0.204. The van der Waals surface area contributed by atoms with E-state index in [1.54, 1.807) is 12.3 Å². The van der Waals surface area contributed by atoms with Gasteiger partial charge in [0, 0.05) is 36.3 Å². The molecule has 0 spiro atoms. The molecule has 7 heteroatoms. The summed E-state index contributed by atoms with van der Waals surface area (Å²) in [6.07, 6.45) is 1.71. The Kier molecular flexibility index (Phi) is 4.17. The minimum Gasteiger partial charge on any atom is -0.491 e. The number of anilines is 1. The van der Waals surface area contributed by atoms with Crippen molar-refractivity contribution in [1.82, 2.24) is 20.1 Å². The van der Waals surface area contributed by atoms with Gasteiger partial charge in [-0.3, -0.25) is 10.1 Å². The Bertz CT molecular complexity index is 1290. The number of hydrogen-bond acceptors (Lipinski definition) is 5. The van der Waals surface area contributed by atoms with Gasteiger partial charge in [-0.25, -0.2) is 4.39 Å². The number of nitrogens with zero attached hydrogens (tertiary/aromatic N) is 4. The Labute approximate surface area is 179 Å². The van der Waals surface area contributed by atoms with Crippen molar-refractivity contribution in [2.24, 2.45) is 0 Å². The van der Waals surface area contributed by atoms with Crippen molar-refractivity contribution in [2.45, 2.75) is 6.04 Å². The summed E-state index contributed by atoms with van der Waals surface area (Å²) in [5.41, 5.74) is 4.74. The first-order chi connectivity index (χ1) is 15.2. The molecular weight excluding hydrogens is 393 g/mol. The number of aromatic nitrogens is 3. The quantitative estimate of drug-likeness (QED) is 0.471. The summed E-state index contributed by atoms with van der Waals surface area (Å²) in [4.78, 5) is 9.20. The molecule has 2 aliphatic rings. The van der Waals surface area contributed by atoms with Gasteiger partial charge in [0.1, 0.15) is 23.9 Å². The summed E-state index contributed by atoms with van der Waals surface area (Å²) in [6, 6.07) is 15.4. The van der Waals surface area contributed by atoms with E-state index in [9.17, 15) is 4.39 Å². The van der Waals surface area contributed by atoms with Gasteiger partial charge < -0.3 is 14.5 Å². The van der Waals surface area contributed by atoms with Gasteiger partial charge in [-0.2, -0.15) is 5.10 Å². The van der Waals surface area contributed by atoms with Crippen LogP contribution < -0.4 is 9.64 Å². The highest BCUT2D eigenvalue weighted by molar-refractivity contribution is 5.95. The van der Waals surface area contributed by atoms with Crippen LogP contribution in [0.4, 0.5) is 10.1 Å². The maximum atomic E-state index is 15.0. The fraction of sp³-hybridized carbons (Fsp3) is 0.250. The minimum absolute atomic E-state index is 0.140. The number of pyridine rings is 1. The molecule has 4 heterocycles. The predicted molar refractivity (Wildman–Crippen MR) is 119 cm³/mol. The topological polar surface area (TPSA) is 57.3 Å². The summed E-state index contributed by atoms with van der Waals surface area (Å²) >= 11 is 0. The Hall–Kier alpha value is -3.45. The molecule has 4 aromatic rings. The monoisotopic (exact) mass is 415 g/mol. The molecule has 6 rings (SSSR count). The maximum absolute atomic E-state index is 15.0. The van der Waals surface area contributed by atoms with E-state index in [1.807, 2.05) is 12.1 Å². The van der Waals surface area contributed by atoms with Gasteiger partial charge >= 0.3 is 0 Å². The third-order valence-electron chi connectivity index (χ3n) is 6.25. The summed E-state index contributed by atoms with van der Waals surface area (Å²) in [5.74, 6) is 0.165. The molecule has 1 N–H and O–H groups in total. The SMILES string of the molecule is CN1CCN2c3cccc(c3)-c3n[nH]c4cnc(cc34)-c3c(F)cccc3OCC2C1. The van der Waals surface area contributed by atoms with E-state index in [2.05, 4.69) is 56.3 Å². The first-order valence-corrected chi connectivity index (χ1v) is 10.5. The second-order valence-corrected chi connectivity index (χ2v) is 8.27. The average Bonchev–Trinajstić information content (AvgIpc) is 3.20. The molecule has 0 aliphatic carbocycles. The van der Waals surface area contributed by atoms with E-state index in [-0.39, 0.29) is 11.9 Å². The van der Waals surface area contributed by atoms with Gasteiger partial charge in [-0.05, 0) is 37.4 Å². The first kappa shape index (κ1) is 18.3. The number of benzene rings is 2. The van der Waals surface area contributed by atoms with Crippen LogP contribution in [0.25, 0.3) is 33.4 Å². The summed E-state index contributed by atoms with van der Waals surface area (Å²) in [6.45, 7) is 3.20. The van der Waals surface area contributed by atoms with Gasteiger partial charge in [0.05, 0.1) is 29.0 Å². The largest absolute Gasteiger partial charge is 0.491 e. The third-order valence-corrected chi connectivity index (χ3v) is 6.25. The number of fused-ring (bicyclic) bond motifs is 8. The van der Waals surface area contributed by atoms with E-state index < -0.39 is 0 Å². The highest BCUT2D eigenvalue weighted by Crippen LogP contribution is 2.36. The number of nitrogens with one attached hydrogen (secondary N) is 1. The number of H-pyrrole nitrogens is 1. The highest BCUT2D eigenvalue weighted by atomic mass is 19.1. The summed E-state index contributed by atoms with van der Waals surface area (Å²) in [5, 5.41) is 8.53. The molecule has 6 nitrogen and oxygen atoms in total. The maximum Gasteiger partial charge on any atom is 0.136 e. The fourth-order valence-corrected chi connectivity index (χ4v) is 4.66. The summed E-state index contributed by atoms with van der Waals surface area (Å²) < 4.78 is 21.2. The Balaban J connectivity index is 1.60. The van der Waals surface area contributed by atoms with Crippen LogP contribution in [0.1, 0.15) is 0 Å². The van der Waals surface area contributed by atoms with Crippen LogP contribution >= 0.6 is 0 Å². The number of halogens is 1. The lowest BCUT2D eigenvalue weighted by atomic mass is 10.0. The Morgan fingerprint density at radius 2 is 2.03 bits per heavy atom. The molecule has 0 saturated carbocycles. The van der Waals surface area contributed by atoms with Crippen LogP contribution in [0.15, 0.2) is 54.7 Å². The Morgan fingerprint density at radius 1 is 1.13 bits per heavy atom. The van der Waals surface area contributed by atoms with Crippen molar-refractivity contribution < 1.29 is 9.13 Å². The van der Waals surface area contributed by atoms with Gasteiger partial charge in [-0.1, -0.05) is 18.2 Å². The molecule has 156 valence electrons. The molecule has 31 heavy (non-hydrogen) atoms. The van der Waals surface area contributed by atoms with Crippen molar-refractivity contribution in [3.05, 3.63) is 60.5 Å². The molecule has 2 aliphatic heterocycles. The highest BCUT2D eigenvalue weighted by Gasteiger charge is 2.28. The van der Waals surface area contributed by atoms with E-state index in [0.717, 1.165) is 47.5 Å². The zero-order valence-corrected chi connectivity index (χ0v) is 17.2. The van der Waals surface area contributed by atoms with Crippen LogP contribution in [0.3, 0.4) is 0 Å². The molecule has 1 saturated heterocycles. The van der Waals surface area contributed by atoms with Crippen molar-refractivity contribution in [3.63, 3.8) is 0 Å². The van der Waals surface area contributed by atoms with E-state index >= 15 is 0 Å². The van der Waals surface area contributed by atoms with Crippen molar-refractivity contribution >= 4 is 16.6 Å². The van der Waals surface area contributed by atoms with Crippen molar-refractivity contribution in [1.29, 1.82) is 0 Å². The number of rotatable bonds is 0. The van der Waals surface area contributed by atoms with Crippen molar-refractivity contribution in [3.8, 4) is 28.3 Å². The minimum atomic E-state index is -0.345. The normalized spacial score (nSPS) is 18.5. The predicted octanol–water partition coefficient (Wildman–Crippen LogP) is 3.94. The number of ether oxygens (including phenoxy) is 1. The molecule has 4 bridgehead atoms. The van der Waals surface area contributed by atoms with E-state index in [1.165, 1.54) is 6.07 Å². The lowest BCUT2D eigenvalue weighted by Gasteiger charge is -2.41. The van der Waals surface area contributed by atoms with E-state index in [4.69, 9.17) is 4.74 Å². The first-order valence-electron chi connectivity index (χ1n) is 10.5. The second kappa shape index (κ2) is 7.06. The number of likely N-dealkylation sites (N-methyl/N-ethyl adjacent to an activating group) is 1. The van der Waals surface area contributed by atoms with Crippen LogP contribution in [0, 0.1) is 5.82 Å². The second-order valence-electron chi connectivity index (χ2n) is 8.27. The van der Waals surface area contributed by atoms with Gasteiger partial charge in [0.15, 0.2) is 0 Å². The van der Waals surface area contributed by atoms with Gasteiger partial charge in [0.2, 0.25) is 0 Å². The molecule has 1 atom stereocenters. The third kappa shape index (κ3) is 3.04. The van der Waals surface area contributed by atoms with Gasteiger partial charge in [0.25, 0.3) is 0 Å². The van der Waals surface area contributed by atoms with Gasteiger partial charge in [-0.15, -0.1) is 0 Å². The number of piperazine rings is 1. The van der Waals surface area contributed by atoms with Crippen molar-refractivity contribution in [2.75, 3.05) is 38.2 Å². The molecular formula is C24H22FN5O. The molecule has 1 unspecified atom stereocenters. The smallest absolute Gasteiger partial charge is 0.136 e. The average molecular weight is 415 g/mol. The zero-order valence-electron chi connectivity index (χ0n) is 17.2. The molecule has 2 aromatic heterocycles. The Morgan fingerprint density at radius 3 is 2.97 bits per heavy atom. The molecule has 0 amide bonds. The molecule has 0 radical (unpaired) electrons. The fourth-order valence-electron chi connectivity index (χ4n) is 4.66. The number of aromatic amines is 1. The number of hydrogen-bond donors (Lipinski definition) is 1. The lowest BCUT2D eigenvalue weighted by Crippen LogP contribution is -2.54. The molecule has 2 aromatic carbocycles.